The third-order valence-electron chi connectivity index (χ3n) is 3.98. The monoisotopic (exact) mass is 407 g/mol. The first kappa shape index (κ1) is 17.3. The van der Waals surface area contributed by atoms with Gasteiger partial charge in [-0.1, -0.05) is 12.1 Å². The predicted octanol–water partition coefficient (Wildman–Crippen LogP) is 2.56. The van der Waals surface area contributed by atoms with Crippen LogP contribution in [0.5, 0.6) is 0 Å². The standard InChI is InChI=1S/C16H13N3O4S3/c20-16(11-6-7-23-9-11,14-5-2-8-24-14)10-17-26(21,22)13-4-1-3-12-15(13)19-25-18-12/h1-9,17,20H,10H2/t16-/m0/s1. The number of sulfonamides is 1. The van der Waals surface area contributed by atoms with Crippen molar-refractivity contribution in [2.24, 2.45) is 0 Å². The summed E-state index contributed by atoms with van der Waals surface area (Å²) in [6.07, 6.45) is 2.84. The first-order valence-electron chi connectivity index (χ1n) is 7.51. The highest BCUT2D eigenvalue weighted by molar-refractivity contribution is 7.89. The largest absolute Gasteiger partial charge is 0.472 e. The van der Waals surface area contributed by atoms with E-state index in [2.05, 4.69) is 13.5 Å². The fraction of sp³-hybridized carbons (Fsp3) is 0.125. The van der Waals surface area contributed by atoms with Gasteiger partial charge in [0.1, 0.15) is 21.5 Å². The zero-order valence-corrected chi connectivity index (χ0v) is 15.6. The molecule has 3 aromatic heterocycles. The van der Waals surface area contributed by atoms with Crippen LogP contribution < -0.4 is 4.72 Å². The van der Waals surface area contributed by atoms with Crippen LogP contribution in [0.1, 0.15) is 10.4 Å². The van der Waals surface area contributed by atoms with Gasteiger partial charge >= 0.3 is 0 Å². The number of thiophene rings is 1. The average Bonchev–Trinajstić information content (AvgIpc) is 3.41. The Morgan fingerprint density at radius 1 is 1.19 bits per heavy atom. The number of hydrogen-bond donors (Lipinski definition) is 2. The van der Waals surface area contributed by atoms with Crippen LogP contribution in [0.3, 0.4) is 0 Å². The summed E-state index contributed by atoms with van der Waals surface area (Å²) in [4.78, 5) is 0.639. The van der Waals surface area contributed by atoms with Gasteiger partial charge < -0.3 is 9.52 Å². The van der Waals surface area contributed by atoms with Gasteiger partial charge in [0.2, 0.25) is 10.0 Å². The Balaban J connectivity index is 1.69. The number of fused-ring (bicyclic) bond motifs is 1. The minimum Gasteiger partial charge on any atom is -0.472 e. The summed E-state index contributed by atoms with van der Waals surface area (Å²) in [5, 5.41) is 13.0. The molecule has 26 heavy (non-hydrogen) atoms. The second-order valence-corrected chi connectivity index (χ2v) is 8.77. The summed E-state index contributed by atoms with van der Waals surface area (Å²) in [6.45, 7) is -0.247. The number of nitrogens with zero attached hydrogens (tertiary/aromatic N) is 2. The van der Waals surface area contributed by atoms with E-state index in [0.717, 1.165) is 11.7 Å². The molecular formula is C16H13N3O4S3. The molecule has 10 heteroatoms. The maximum Gasteiger partial charge on any atom is 0.242 e. The van der Waals surface area contributed by atoms with Crippen LogP contribution in [0.4, 0.5) is 0 Å². The highest BCUT2D eigenvalue weighted by atomic mass is 32.2. The SMILES string of the molecule is O=S(=O)(NC[C@](O)(c1ccoc1)c1cccs1)c1cccc2nsnc12. The third-order valence-corrected chi connectivity index (χ3v) is 6.98. The minimum absolute atomic E-state index is 0.0319. The number of furan rings is 1. The fourth-order valence-corrected chi connectivity index (χ4v) is 5.29. The molecule has 4 aromatic rings. The summed E-state index contributed by atoms with van der Waals surface area (Å²) >= 11 is 2.28. The highest BCUT2D eigenvalue weighted by Crippen LogP contribution is 2.33. The first-order valence-corrected chi connectivity index (χ1v) is 10.6. The number of hydrogen-bond acceptors (Lipinski definition) is 8. The van der Waals surface area contributed by atoms with Crippen LogP contribution >= 0.6 is 23.1 Å². The van der Waals surface area contributed by atoms with E-state index in [1.54, 1.807) is 30.3 Å². The van der Waals surface area contributed by atoms with Crippen molar-refractivity contribution in [1.82, 2.24) is 13.5 Å². The predicted molar refractivity (Wildman–Crippen MR) is 98.6 cm³/mol. The van der Waals surface area contributed by atoms with Gasteiger partial charge in [0.25, 0.3) is 0 Å². The first-order chi connectivity index (χ1) is 12.5. The number of aliphatic hydroxyl groups is 1. The van der Waals surface area contributed by atoms with Crippen molar-refractivity contribution in [2.75, 3.05) is 6.54 Å². The van der Waals surface area contributed by atoms with Gasteiger partial charge in [-0.2, -0.15) is 8.75 Å². The second kappa shape index (κ2) is 6.56. The Kier molecular flexibility index (Phi) is 4.37. The zero-order chi connectivity index (χ0) is 18.2. The Hall–Kier alpha value is -2.11. The lowest BCUT2D eigenvalue weighted by atomic mass is 9.95. The van der Waals surface area contributed by atoms with E-state index in [1.165, 1.54) is 29.9 Å². The van der Waals surface area contributed by atoms with Crippen molar-refractivity contribution in [3.63, 3.8) is 0 Å². The van der Waals surface area contributed by atoms with Crippen molar-refractivity contribution in [3.05, 3.63) is 64.7 Å². The van der Waals surface area contributed by atoms with E-state index in [0.29, 0.717) is 21.5 Å². The molecule has 0 amide bonds. The quantitative estimate of drug-likeness (QED) is 0.509. The summed E-state index contributed by atoms with van der Waals surface area (Å²) in [5.74, 6) is 0. The number of benzene rings is 1. The lowest BCUT2D eigenvalue weighted by Gasteiger charge is -2.26. The Morgan fingerprint density at radius 2 is 2.08 bits per heavy atom. The van der Waals surface area contributed by atoms with Crippen LogP contribution in [-0.2, 0) is 15.6 Å². The maximum atomic E-state index is 12.8. The van der Waals surface area contributed by atoms with E-state index in [4.69, 9.17) is 4.42 Å². The Bertz CT molecular complexity index is 1080. The number of rotatable bonds is 6. The van der Waals surface area contributed by atoms with E-state index < -0.39 is 15.6 Å². The molecule has 3 heterocycles. The van der Waals surface area contributed by atoms with E-state index in [-0.39, 0.29) is 11.4 Å². The summed E-state index contributed by atoms with van der Waals surface area (Å²) in [6, 6.07) is 9.93. The van der Waals surface area contributed by atoms with Gasteiger partial charge in [-0.05, 0) is 29.6 Å². The van der Waals surface area contributed by atoms with Crippen molar-refractivity contribution < 1.29 is 17.9 Å². The van der Waals surface area contributed by atoms with Crippen LogP contribution in [-0.4, -0.2) is 28.8 Å². The lowest BCUT2D eigenvalue weighted by molar-refractivity contribution is 0.0892. The molecule has 0 spiro atoms. The average molecular weight is 407 g/mol. The number of aromatic nitrogens is 2. The van der Waals surface area contributed by atoms with Gasteiger partial charge in [0.15, 0.2) is 0 Å². The molecule has 7 nitrogen and oxygen atoms in total. The molecular weight excluding hydrogens is 394 g/mol. The van der Waals surface area contributed by atoms with Crippen LogP contribution in [0.15, 0.2) is 63.6 Å². The fourth-order valence-electron chi connectivity index (χ4n) is 2.62. The second-order valence-electron chi connectivity index (χ2n) is 5.56. The maximum absolute atomic E-state index is 12.8. The molecule has 2 N–H and O–H groups in total. The normalized spacial score (nSPS) is 14.5. The van der Waals surface area contributed by atoms with Gasteiger partial charge in [0, 0.05) is 17.0 Å². The summed E-state index contributed by atoms with van der Waals surface area (Å²) < 4.78 is 41.3. The molecule has 0 bridgehead atoms. The van der Waals surface area contributed by atoms with Crippen LogP contribution in [0.25, 0.3) is 11.0 Å². The topological polar surface area (TPSA) is 105 Å². The van der Waals surface area contributed by atoms with E-state index in [1.807, 2.05) is 5.38 Å². The molecule has 0 radical (unpaired) electrons. The Morgan fingerprint density at radius 3 is 2.81 bits per heavy atom. The molecule has 0 saturated carbocycles. The van der Waals surface area contributed by atoms with Gasteiger partial charge in [-0.15, -0.1) is 11.3 Å². The molecule has 0 aliphatic heterocycles. The van der Waals surface area contributed by atoms with E-state index >= 15 is 0 Å². The molecule has 1 aromatic carbocycles. The molecule has 0 saturated heterocycles. The van der Waals surface area contributed by atoms with Crippen molar-refractivity contribution in [2.45, 2.75) is 10.5 Å². The lowest BCUT2D eigenvalue weighted by Crippen LogP contribution is -2.41. The van der Waals surface area contributed by atoms with Gasteiger partial charge in [-0.3, -0.25) is 0 Å². The van der Waals surface area contributed by atoms with Gasteiger partial charge in [-0.25, -0.2) is 13.1 Å². The molecule has 0 aliphatic carbocycles. The van der Waals surface area contributed by atoms with Crippen molar-refractivity contribution in [3.8, 4) is 0 Å². The molecule has 4 rings (SSSR count). The van der Waals surface area contributed by atoms with Gasteiger partial charge in [0.05, 0.1) is 24.3 Å². The van der Waals surface area contributed by atoms with Crippen LogP contribution in [0, 0.1) is 0 Å². The molecule has 0 aliphatic rings. The van der Waals surface area contributed by atoms with Crippen molar-refractivity contribution in [1.29, 1.82) is 0 Å². The smallest absolute Gasteiger partial charge is 0.242 e. The molecule has 0 fully saturated rings. The zero-order valence-electron chi connectivity index (χ0n) is 13.2. The summed E-state index contributed by atoms with van der Waals surface area (Å²) in [5.41, 5.74) is -0.243. The van der Waals surface area contributed by atoms with Crippen molar-refractivity contribution >= 4 is 44.1 Å². The molecule has 1 atom stereocenters. The molecule has 134 valence electrons. The minimum atomic E-state index is -3.90. The van der Waals surface area contributed by atoms with Crippen LogP contribution in [0.2, 0.25) is 0 Å². The Labute approximate surface area is 157 Å². The molecule has 0 unspecified atom stereocenters. The number of nitrogens with one attached hydrogen (secondary N) is 1. The van der Waals surface area contributed by atoms with E-state index in [9.17, 15) is 13.5 Å². The summed E-state index contributed by atoms with van der Waals surface area (Å²) in [7, 11) is -3.90. The third kappa shape index (κ3) is 2.95. The highest BCUT2D eigenvalue weighted by Gasteiger charge is 2.35.